The molecule has 4 atom stereocenters. The van der Waals surface area contributed by atoms with E-state index in [0.29, 0.717) is 22.3 Å². The second-order valence-electron chi connectivity index (χ2n) is 11.1. The van der Waals surface area contributed by atoms with Crippen LogP contribution in [0.25, 0.3) is 0 Å². The number of Topliss-reactive ketones (excluding diaryl/α,β-unsaturated/α-hetero) is 4. The van der Waals surface area contributed by atoms with E-state index in [9.17, 15) is 19.2 Å². The first-order chi connectivity index (χ1) is 21.2. The molecular weight excluding hydrogens is 548 g/mol. The molecule has 0 heterocycles. The number of hydrogen-bond acceptors (Lipinski definition) is 6. The second kappa shape index (κ2) is 14.9. The molecule has 4 rings (SSSR count). The lowest BCUT2D eigenvalue weighted by Crippen LogP contribution is -2.41. The van der Waals surface area contributed by atoms with Gasteiger partial charge >= 0.3 is 0 Å². The van der Waals surface area contributed by atoms with Gasteiger partial charge in [0.25, 0.3) is 0 Å². The van der Waals surface area contributed by atoms with Gasteiger partial charge in [-0.3, -0.25) is 19.2 Å². The fraction of sp³-hybridized carbons (Fsp3) is 0.211. The van der Waals surface area contributed by atoms with Crippen LogP contribution in [0.5, 0.6) is 0 Å². The molecule has 0 saturated carbocycles. The van der Waals surface area contributed by atoms with Crippen LogP contribution < -0.4 is 0 Å². The van der Waals surface area contributed by atoms with E-state index in [0.717, 1.165) is 0 Å². The van der Waals surface area contributed by atoms with Crippen molar-refractivity contribution in [2.75, 3.05) is 0 Å². The average molecular weight is 585 g/mol. The lowest BCUT2D eigenvalue weighted by atomic mass is 9.63. The summed E-state index contributed by atoms with van der Waals surface area (Å²) < 4.78 is 0. The van der Waals surface area contributed by atoms with E-state index >= 15 is 0 Å². The topological polar surface area (TPSA) is 116 Å². The molecular formula is C38H36N2O4. The summed E-state index contributed by atoms with van der Waals surface area (Å²) in [6, 6.07) is 35.2. The molecule has 0 amide bonds. The maximum Gasteiger partial charge on any atom is 0.173 e. The van der Waals surface area contributed by atoms with Gasteiger partial charge < -0.3 is 10.8 Å². The van der Waals surface area contributed by atoms with Crippen LogP contribution in [-0.2, 0) is 9.59 Å². The van der Waals surface area contributed by atoms with Crippen molar-refractivity contribution >= 4 is 34.6 Å². The zero-order chi connectivity index (χ0) is 31.6. The van der Waals surface area contributed by atoms with E-state index in [1.165, 1.54) is 13.8 Å². The molecule has 44 heavy (non-hydrogen) atoms. The maximum absolute atomic E-state index is 14.4. The molecule has 0 aliphatic heterocycles. The molecule has 222 valence electrons. The minimum atomic E-state index is -1.30. The van der Waals surface area contributed by atoms with Gasteiger partial charge in [-0.2, -0.15) is 0 Å². The molecule has 4 unspecified atom stereocenters. The first-order valence-corrected chi connectivity index (χ1v) is 14.6. The predicted octanol–water partition coefficient (Wildman–Crippen LogP) is 7.55. The predicted molar refractivity (Wildman–Crippen MR) is 173 cm³/mol. The first kappa shape index (κ1) is 31.8. The zero-order valence-electron chi connectivity index (χ0n) is 24.9. The molecule has 0 aliphatic carbocycles. The Labute approximate surface area is 258 Å². The third-order valence-corrected chi connectivity index (χ3v) is 7.73. The van der Waals surface area contributed by atoms with Gasteiger partial charge in [-0.1, -0.05) is 121 Å². The smallest absolute Gasteiger partial charge is 0.173 e. The Morgan fingerprint density at radius 1 is 0.477 bits per heavy atom. The van der Waals surface area contributed by atoms with Crippen molar-refractivity contribution in [3.63, 3.8) is 0 Å². The van der Waals surface area contributed by atoms with Gasteiger partial charge in [0.1, 0.15) is 11.6 Å². The molecule has 0 aliphatic rings. The first-order valence-electron chi connectivity index (χ1n) is 14.6. The highest BCUT2D eigenvalue weighted by Crippen LogP contribution is 2.47. The van der Waals surface area contributed by atoms with Crippen molar-refractivity contribution in [3.8, 4) is 0 Å². The molecule has 0 bridgehead atoms. The van der Waals surface area contributed by atoms with E-state index in [2.05, 4.69) is 0 Å². The third-order valence-electron chi connectivity index (χ3n) is 7.73. The van der Waals surface area contributed by atoms with Crippen molar-refractivity contribution in [3.05, 3.63) is 144 Å². The van der Waals surface area contributed by atoms with Gasteiger partial charge in [-0.25, -0.2) is 0 Å². The highest BCUT2D eigenvalue weighted by Gasteiger charge is 2.47. The van der Waals surface area contributed by atoms with E-state index < -0.39 is 46.8 Å². The summed E-state index contributed by atoms with van der Waals surface area (Å²) >= 11 is 0. The Bertz CT molecular complexity index is 1510. The third kappa shape index (κ3) is 7.64. The summed E-state index contributed by atoms with van der Waals surface area (Å²) in [5, 5.41) is 16.3. The number of rotatable bonds is 15. The normalized spacial score (nSPS) is 13.6. The quantitative estimate of drug-likeness (QED) is 0.0852. The molecule has 6 nitrogen and oxygen atoms in total. The van der Waals surface area contributed by atoms with Crippen molar-refractivity contribution in [2.24, 2.45) is 11.8 Å². The summed E-state index contributed by atoms with van der Waals surface area (Å²) in [4.78, 5) is 57.2. The molecule has 6 heteroatoms. The van der Waals surface area contributed by atoms with Crippen LogP contribution in [0.3, 0.4) is 0 Å². The van der Waals surface area contributed by atoms with Gasteiger partial charge in [0.05, 0.1) is 11.8 Å². The number of nitrogens with one attached hydrogen (secondary N) is 2. The van der Waals surface area contributed by atoms with Gasteiger partial charge in [-0.15, -0.1) is 0 Å². The number of carbonyl (C=O) groups is 4. The summed E-state index contributed by atoms with van der Waals surface area (Å²) in [5.74, 6) is -6.26. The summed E-state index contributed by atoms with van der Waals surface area (Å²) in [6.45, 7) is 3.04. The Kier molecular flexibility index (Phi) is 10.8. The number of carbonyl (C=O) groups excluding carboxylic acids is 4. The van der Waals surface area contributed by atoms with E-state index in [1.807, 2.05) is 36.4 Å². The monoisotopic (exact) mass is 584 g/mol. The van der Waals surface area contributed by atoms with Crippen LogP contribution in [0.1, 0.15) is 70.4 Å². The Morgan fingerprint density at radius 3 is 1.02 bits per heavy atom. The number of benzene rings is 4. The van der Waals surface area contributed by atoms with Gasteiger partial charge in [0, 0.05) is 47.2 Å². The van der Waals surface area contributed by atoms with Gasteiger partial charge in [0.15, 0.2) is 11.6 Å². The fourth-order valence-electron chi connectivity index (χ4n) is 5.89. The maximum atomic E-state index is 14.4. The minimum Gasteiger partial charge on any atom is -0.310 e. The van der Waals surface area contributed by atoms with Crippen LogP contribution >= 0.6 is 0 Å². The van der Waals surface area contributed by atoms with Crippen molar-refractivity contribution in [2.45, 2.75) is 38.5 Å². The number of hydrogen-bond donors (Lipinski definition) is 2. The Hall–Kier alpha value is -5.10. The van der Waals surface area contributed by atoms with Crippen LogP contribution in [0.4, 0.5) is 0 Å². The summed E-state index contributed by atoms with van der Waals surface area (Å²) in [6.07, 6.45) is -0.502. The molecule has 4 aromatic rings. The highest BCUT2D eigenvalue weighted by atomic mass is 16.2. The van der Waals surface area contributed by atoms with E-state index in [4.69, 9.17) is 10.8 Å². The Morgan fingerprint density at radius 2 is 0.750 bits per heavy atom. The van der Waals surface area contributed by atoms with Gasteiger partial charge in [0.2, 0.25) is 0 Å². The highest BCUT2D eigenvalue weighted by molar-refractivity contribution is 6.17. The molecule has 0 spiro atoms. The fourth-order valence-corrected chi connectivity index (χ4v) is 5.89. The molecule has 2 N–H and O–H groups in total. The lowest BCUT2D eigenvalue weighted by molar-refractivity contribution is -0.124. The zero-order valence-corrected chi connectivity index (χ0v) is 24.9. The molecule has 0 aromatic heterocycles. The molecule has 0 fully saturated rings. The average Bonchev–Trinajstić information content (AvgIpc) is 3.03. The van der Waals surface area contributed by atoms with Crippen LogP contribution in [0.15, 0.2) is 121 Å². The molecule has 4 aromatic carbocycles. The Balaban J connectivity index is 2.06. The van der Waals surface area contributed by atoms with Crippen LogP contribution in [0, 0.1) is 22.7 Å². The van der Waals surface area contributed by atoms with Crippen molar-refractivity contribution < 1.29 is 19.2 Å². The van der Waals surface area contributed by atoms with Gasteiger partial charge in [-0.05, 0) is 25.0 Å². The lowest BCUT2D eigenvalue weighted by Gasteiger charge is -2.37. The van der Waals surface area contributed by atoms with E-state index in [-0.39, 0.29) is 24.3 Å². The van der Waals surface area contributed by atoms with Crippen molar-refractivity contribution in [1.29, 1.82) is 10.8 Å². The number of ketones is 4. The van der Waals surface area contributed by atoms with Crippen LogP contribution in [0.2, 0.25) is 0 Å². The minimum absolute atomic E-state index is 0.108. The van der Waals surface area contributed by atoms with Crippen LogP contribution in [-0.4, -0.2) is 34.6 Å². The molecule has 0 saturated heterocycles. The largest absolute Gasteiger partial charge is 0.310 e. The van der Waals surface area contributed by atoms with E-state index in [1.54, 1.807) is 84.9 Å². The second-order valence-corrected chi connectivity index (χ2v) is 11.1. The summed E-state index contributed by atoms with van der Waals surface area (Å²) in [5.41, 5.74) is 2.11. The summed E-state index contributed by atoms with van der Waals surface area (Å²) in [7, 11) is 0. The SMILES string of the molecule is CC(=N)CC(=O)C(C(=O)c1ccccc1)C(c1ccccc1)C(c1ccccc1)C(C(=O)CC(C)=N)C(=O)c1ccccc1. The molecule has 0 radical (unpaired) electrons. The van der Waals surface area contributed by atoms with Crippen molar-refractivity contribution in [1.82, 2.24) is 0 Å². The standard InChI is InChI=1S/C38H36N2O4/c1-25(39)23-31(41)35(37(43)29-19-11-5-12-20-29)33(27-15-7-3-8-16-27)34(28-17-9-4-10-18-28)36(32(42)24-26(2)40)38(44)30-21-13-6-14-22-30/h3-22,33-36,39-40H,23-24H2,1-2H3.